The number of hydrogen-bond acceptors (Lipinski definition) is 3. The number of carbonyl (C=O) groups is 1. The van der Waals surface area contributed by atoms with E-state index in [9.17, 15) is 18.0 Å². The van der Waals surface area contributed by atoms with Crippen LogP contribution in [0.15, 0.2) is 18.5 Å². The largest absolute Gasteiger partial charge is 0.478 e. The van der Waals surface area contributed by atoms with E-state index < -0.39 is 17.7 Å². The lowest BCUT2D eigenvalue weighted by atomic mass is 10.2. The maximum atomic E-state index is 12.6. The maximum absolute atomic E-state index is 12.6. The van der Waals surface area contributed by atoms with E-state index in [0.29, 0.717) is 18.3 Å². The van der Waals surface area contributed by atoms with E-state index in [1.165, 1.54) is 0 Å². The second kappa shape index (κ2) is 5.36. The van der Waals surface area contributed by atoms with Gasteiger partial charge in [0.1, 0.15) is 5.56 Å². The summed E-state index contributed by atoms with van der Waals surface area (Å²) >= 11 is 5.82. The van der Waals surface area contributed by atoms with E-state index in [4.69, 9.17) is 16.7 Å². The van der Waals surface area contributed by atoms with Gasteiger partial charge < -0.3 is 5.11 Å². The highest BCUT2D eigenvalue weighted by Crippen LogP contribution is 2.32. The van der Waals surface area contributed by atoms with Crippen LogP contribution < -0.4 is 0 Å². The number of halogens is 4. The fraction of sp³-hybridized carbons (Fsp3) is 0.250. The molecular formula is C12H9ClF3N3O2. The number of carboxylic acids is 1. The van der Waals surface area contributed by atoms with Crippen molar-refractivity contribution in [2.24, 2.45) is 0 Å². The van der Waals surface area contributed by atoms with Crippen LogP contribution in [0.3, 0.4) is 0 Å². The molecule has 0 fully saturated rings. The van der Waals surface area contributed by atoms with E-state index in [1.54, 1.807) is 6.92 Å². The molecule has 0 aliphatic rings. The molecule has 0 saturated carbocycles. The first kappa shape index (κ1) is 15.3. The fourth-order valence-electron chi connectivity index (χ4n) is 1.82. The molecule has 1 N–H and O–H groups in total. The summed E-state index contributed by atoms with van der Waals surface area (Å²) in [5.74, 6) is -1.23. The molecule has 0 atom stereocenters. The van der Waals surface area contributed by atoms with Gasteiger partial charge in [-0.1, -0.05) is 18.5 Å². The Morgan fingerprint density at radius 1 is 1.43 bits per heavy atom. The van der Waals surface area contributed by atoms with Gasteiger partial charge in [0.2, 0.25) is 0 Å². The van der Waals surface area contributed by atoms with Gasteiger partial charge in [0, 0.05) is 6.20 Å². The van der Waals surface area contributed by atoms with E-state index in [-0.39, 0.29) is 16.4 Å². The lowest BCUT2D eigenvalue weighted by molar-refractivity contribution is -0.137. The molecule has 2 aromatic rings. The molecule has 0 aliphatic carbocycles. The van der Waals surface area contributed by atoms with Gasteiger partial charge in [-0.2, -0.15) is 18.3 Å². The van der Waals surface area contributed by atoms with Crippen LogP contribution in [-0.2, 0) is 12.6 Å². The molecule has 0 aliphatic heterocycles. The van der Waals surface area contributed by atoms with Gasteiger partial charge in [-0.3, -0.25) is 0 Å². The molecule has 2 rings (SSSR count). The third-order valence-corrected chi connectivity index (χ3v) is 3.06. The molecule has 2 aromatic heterocycles. The predicted molar refractivity (Wildman–Crippen MR) is 67.7 cm³/mol. The summed E-state index contributed by atoms with van der Waals surface area (Å²) in [6.07, 6.45) is -2.51. The quantitative estimate of drug-likeness (QED) is 0.943. The average Bonchev–Trinajstić information content (AvgIpc) is 2.81. The normalized spacial score (nSPS) is 11.7. The summed E-state index contributed by atoms with van der Waals surface area (Å²) in [6.45, 7) is 1.69. The molecule has 9 heteroatoms. The van der Waals surface area contributed by atoms with Gasteiger partial charge in [-0.25, -0.2) is 14.5 Å². The lowest BCUT2D eigenvalue weighted by Crippen LogP contribution is -2.10. The SMILES string of the molecule is CCc1c(C(=O)O)cnn1-c1ncc(C(F)(F)F)cc1Cl. The summed E-state index contributed by atoms with van der Waals surface area (Å²) < 4.78 is 38.8. The van der Waals surface area contributed by atoms with Crippen molar-refractivity contribution in [3.05, 3.63) is 40.3 Å². The first-order valence-corrected chi connectivity index (χ1v) is 6.16. The van der Waals surface area contributed by atoms with Crippen molar-refractivity contribution in [2.75, 3.05) is 0 Å². The number of pyridine rings is 1. The van der Waals surface area contributed by atoms with Crippen LogP contribution in [0.4, 0.5) is 13.2 Å². The standard InChI is InChI=1S/C12H9ClF3N3O2/c1-2-9-7(11(20)21)5-18-19(9)10-8(13)3-6(4-17-10)12(14,15)16/h3-5H,2H2,1H3,(H,20,21). The van der Waals surface area contributed by atoms with Crippen molar-refractivity contribution in [1.82, 2.24) is 14.8 Å². The molecule has 0 bridgehead atoms. The topological polar surface area (TPSA) is 68.0 Å². The Morgan fingerprint density at radius 2 is 2.10 bits per heavy atom. The summed E-state index contributed by atoms with van der Waals surface area (Å²) in [7, 11) is 0. The van der Waals surface area contributed by atoms with E-state index in [0.717, 1.165) is 16.9 Å². The number of alkyl halides is 3. The Hall–Kier alpha value is -2.09. The van der Waals surface area contributed by atoms with Crippen LogP contribution in [0.1, 0.15) is 28.5 Å². The van der Waals surface area contributed by atoms with Crippen LogP contribution in [0.2, 0.25) is 5.02 Å². The van der Waals surface area contributed by atoms with Crippen molar-refractivity contribution >= 4 is 17.6 Å². The van der Waals surface area contributed by atoms with Gasteiger partial charge in [0.05, 0.1) is 22.5 Å². The Bertz CT molecular complexity index is 698. The smallest absolute Gasteiger partial charge is 0.417 e. The number of aromatic nitrogens is 3. The number of nitrogens with zero attached hydrogens (tertiary/aromatic N) is 3. The Kier molecular flexibility index (Phi) is 3.91. The number of hydrogen-bond donors (Lipinski definition) is 1. The first-order chi connectivity index (χ1) is 9.75. The maximum Gasteiger partial charge on any atom is 0.417 e. The molecule has 2 heterocycles. The van der Waals surface area contributed by atoms with Crippen molar-refractivity contribution in [2.45, 2.75) is 19.5 Å². The van der Waals surface area contributed by atoms with Crippen LogP contribution in [0, 0.1) is 0 Å². The highest BCUT2D eigenvalue weighted by Gasteiger charge is 2.32. The van der Waals surface area contributed by atoms with Crippen LogP contribution in [0.5, 0.6) is 0 Å². The highest BCUT2D eigenvalue weighted by molar-refractivity contribution is 6.32. The van der Waals surface area contributed by atoms with Crippen molar-refractivity contribution in [1.29, 1.82) is 0 Å². The Morgan fingerprint density at radius 3 is 2.57 bits per heavy atom. The molecule has 0 saturated heterocycles. The molecule has 21 heavy (non-hydrogen) atoms. The van der Waals surface area contributed by atoms with E-state index in [2.05, 4.69) is 10.1 Å². The first-order valence-electron chi connectivity index (χ1n) is 5.79. The molecule has 0 aromatic carbocycles. The minimum atomic E-state index is -4.56. The number of rotatable bonds is 3. The second-order valence-corrected chi connectivity index (χ2v) is 4.51. The van der Waals surface area contributed by atoms with Crippen molar-refractivity contribution < 1.29 is 23.1 Å². The lowest BCUT2D eigenvalue weighted by Gasteiger charge is -2.11. The number of carboxylic acid groups (broad SMARTS) is 1. The Labute approximate surface area is 122 Å². The Balaban J connectivity index is 2.56. The zero-order valence-corrected chi connectivity index (χ0v) is 11.4. The van der Waals surface area contributed by atoms with Gasteiger partial charge >= 0.3 is 12.1 Å². The third-order valence-electron chi connectivity index (χ3n) is 2.78. The minimum absolute atomic E-state index is 0.0461. The van der Waals surface area contributed by atoms with E-state index >= 15 is 0 Å². The molecule has 5 nitrogen and oxygen atoms in total. The monoisotopic (exact) mass is 319 g/mol. The van der Waals surface area contributed by atoms with E-state index in [1.807, 2.05) is 0 Å². The summed E-state index contributed by atoms with van der Waals surface area (Å²) in [4.78, 5) is 14.7. The van der Waals surface area contributed by atoms with Gasteiger partial charge in [-0.15, -0.1) is 0 Å². The predicted octanol–water partition coefficient (Wildman–Crippen LogP) is 3.20. The summed E-state index contributed by atoms with van der Waals surface area (Å²) in [5.41, 5.74) is -0.730. The molecule has 0 spiro atoms. The zero-order valence-electron chi connectivity index (χ0n) is 10.6. The number of aromatic carboxylic acids is 1. The zero-order chi connectivity index (χ0) is 15.8. The fourth-order valence-corrected chi connectivity index (χ4v) is 2.06. The molecule has 0 radical (unpaired) electrons. The van der Waals surface area contributed by atoms with Gasteiger partial charge in [0.25, 0.3) is 0 Å². The van der Waals surface area contributed by atoms with Gasteiger partial charge in [0.15, 0.2) is 5.82 Å². The third kappa shape index (κ3) is 2.85. The summed E-state index contributed by atoms with van der Waals surface area (Å²) in [5, 5.41) is 12.6. The molecule has 0 amide bonds. The second-order valence-electron chi connectivity index (χ2n) is 4.10. The van der Waals surface area contributed by atoms with Crippen LogP contribution in [0.25, 0.3) is 5.82 Å². The molecule has 0 unspecified atom stereocenters. The average molecular weight is 320 g/mol. The summed E-state index contributed by atoms with van der Waals surface area (Å²) in [6, 6.07) is 0.728. The highest BCUT2D eigenvalue weighted by atomic mass is 35.5. The van der Waals surface area contributed by atoms with Crippen LogP contribution in [-0.4, -0.2) is 25.8 Å². The minimum Gasteiger partial charge on any atom is -0.478 e. The van der Waals surface area contributed by atoms with Crippen molar-refractivity contribution in [3.63, 3.8) is 0 Å². The van der Waals surface area contributed by atoms with Crippen molar-refractivity contribution in [3.8, 4) is 5.82 Å². The molecular weight excluding hydrogens is 311 g/mol. The molecule has 112 valence electrons. The van der Waals surface area contributed by atoms with Gasteiger partial charge in [-0.05, 0) is 12.5 Å². The van der Waals surface area contributed by atoms with Crippen LogP contribution >= 0.6 is 11.6 Å².